The van der Waals surface area contributed by atoms with E-state index in [1.807, 2.05) is 34.9 Å². The van der Waals surface area contributed by atoms with Crippen LogP contribution in [0.3, 0.4) is 0 Å². The van der Waals surface area contributed by atoms with Gasteiger partial charge < -0.3 is 9.30 Å². The number of nitrogens with zero attached hydrogens (tertiary/aromatic N) is 1. The lowest BCUT2D eigenvalue weighted by atomic mass is 10.1. The largest absolute Gasteiger partial charge is 0.377 e. The lowest BCUT2D eigenvalue weighted by Crippen LogP contribution is -2.29. The van der Waals surface area contributed by atoms with Crippen LogP contribution < -0.4 is 11.3 Å². The van der Waals surface area contributed by atoms with Crippen LogP contribution in [-0.4, -0.2) is 17.1 Å². The van der Waals surface area contributed by atoms with Crippen LogP contribution in [0.1, 0.15) is 22.3 Å². The number of nitrogens with one attached hydrogen (secondary N) is 1. The van der Waals surface area contributed by atoms with Crippen molar-refractivity contribution in [2.75, 3.05) is 6.61 Å². The summed E-state index contributed by atoms with van der Waals surface area (Å²) in [7, 11) is 0. The average Bonchev–Trinajstić information content (AvgIpc) is 2.99. The average molecular weight is 341 g/mol. The third-order valence-corrected chi connectivity index (χ3v) is 4.02. The van der Waals surface area contributed by atoms with Crippen LogP contribution >= 0.6 is 0 Å². The molecule has 3 aromatic rings. The maximum atomic E-state index is 13.5. The van der Waals surface area contributed by atoms with Crippen LogP contribution in [0.4, 0.5) is 4.39 Å². The normalized spacial score (nSPS) is 11.0. The number of aromatic nitrogens is 1. The fourth-order valence-corrected chi connectivity index (χ4v) is 2.81. The van der Waals surface area contributed by atoms with Crippen LogP contribution in [-0.2, 0) is 17.9 Å². The van der Waals surface area contributed by atoms with E-state index >= 15 is 0 Å². The SMILES string of the molecule is NNC(=O)c1cn(CCCOCc2ccccc2)c2ccc(F)cc12. The van der Waals surface area contributed by atoms with E-state index in [9.17, 15) is 9.18 Å². The molecule has 1 amide bonds. The highest BCUT2D eigenvalue weighted by Gasteiger charge is 2.14. The molecule has 0 fully saturated rings. The number of hydrogen-bond acceptors (Lipinski definition) is 3. The molecular weight excluding hydrogens is 321 g/mol. The van der Waals surface area contributed by atoms with Gasteiger partial charge in [-0.15, -0.1) is 0 Å². The van der Waals surface area contributed by atoms with Crippen molar-refractivity contribution in [2.24, 2.45) is 5.84 Å². The zero-order valence-corrected chi connectivity index (χ0v) is 13.7. The molecule has 5 nitrogen and oxygen atoms in total. The molecule has 1 heterocycles. The fourth-order valence-electron chi connectivity index (χ4n) is 2.81. The molecule has 0 saturated heterocycles. The predicted octanol–water partition coefficient (Wildman–Crippen LogP) is 2.99. The molecule has 2 aromatic carbocycles. The van der Waals surface area contributed by atoms with Gasteiger partial charge in [0.15, 0.2) is 0 Å². The number of amides is 1. The van der Waals surface area contributed by atoms with E-state index in [1.54, 1.807) is 12.3 Å². The Kier molecular flexibility index (Phi) is 5.42. The minimum absolute atomic E-state index is 0.363. The Morgan fingerprint density at radius 2 is 2.00 bits per heavy atom. The van der Waals surface area contributed by atoms with Gasteiger partial charge in [-0.3, -0.25) is 10.2 Å². The van der Waals surface area contributed by atoms with Gasteiger partial charge in [-0.05, 0) is 30.2 Å². The molecule has 0 unspecified atom stereocenters. The van der Waals surface area contributed by atoms with E-state index < -0.39 is 5.91 Å². The third kappa shape index (κ3) is 4.04. The second-order valence-corrected chi connectivity index (χ2v) is 5.76. The van der Waals surface area contributed by atoms with Gasteiger partial charge in [-0.25, -0.2) is 10.2 Å². The molecule has 0 atom stereocenters. The number of rotatable bonds is 7. The first-order chi connectivity index (χ1) is 12.2. The summed E-state index contributed by atoms with van der Waals surface area (Å²) >= 11 is 0. The number of nitrogen functional groups attached to an aromatic ring is 1. The summed E-state index contributed by atoms with van der Waals surface area (Å²) in [5.41, 5.74) is 4.39. The Morgan fingerprint density at radius 1 is 1.20 bits per heavy atom. The first-order valence-corrected chi connectivity index (χ1v) is 8.10. The van der Waals surface area contributed by atoms with Crippen molar-refractivity contribution in [2.45, 2.75) is 19.6 Å². The van der Waals surface area contributed by atoms with Gasteiger partial charge in [0.05, 0.1) is 12.2 Å². The number of benzene rings is 2. The van der Waals surface area contributed by atoms with Crippen molar-refractivity contribution >= 4 is 16.8 Å². The van der Waals surface area contributed by atoms with Crippen molar-refractivity contribution < 1.29 is 13.9 Å². The van der Waals surface area contributed by atoms with Gasteiger partial charge in [0.25, 0.3) is 5.91 Å². The zero-order valence-electron chi connectivity index (χ0n) is 13.7. The van der Waals surface area contributed by atoms with Crippen LogP contribution in [0.5, 0.6) is 0 Å². The molecule has 3 rings (SSSR count). The molecule has 0 aliphatic heterocycles. The van der Waals surface area contributed by atoms with Crippen molar-refractivity contribution in [1.82, 2.24) is 9.99 Å². The zero-order chi connectivity index (χ0) is 17.6. The Hall–Kier alpha value is -2.70. The molecule has 0 saturated carbocycles. The molecule has 1 aromatic heterocycles. The van der Waals surface area contributed by atoms with Gasteiger partial charge in [0, 0.05) is 30.3 Å². The predicted molar refractivity (Wildman–Crippen MR) is 94.3 cm³/mol. The molecule has 6 heteroatoms. The van der Waals surface area contributed by atoms with E-state index in [2.05, 4.69) is 5.43 Å². The van der Waals surface area contributed by atoms with Crippen molar-refractivity contribution in [1.29, 1.82) is 0 Å². The maximum Gasteiger partial charge on any atom is 0.267 e. The molecule has 25 heavy (non-hydrogen) atoms. The fraction of sp³-hybridized carbons (Fsp3) is 0.211. The van der Waals surface area contributed by atoms with Crippen molar-refractivity contribution in [3.63, 3.8) is 0 Å². The maximum absolute atomic E-state index is 13.5. The van der Waals surface area contributed by atoms with Crippen LogP contribution in [0, 0.1) is 5.82 Å². The minimum Gasteiger partial charge on any atom is -0.377 e. The van der Waals surface area contributed by atoms with Crippen molar-refractivity contribution in [3.05, 3.63) is 71.7 Å². The number of halogens is 1. The highest BCUT2D eigenvalue weighted by molar-refractivity contribution is 6.06. The first kappa shape index (κ1) is 17.1. The quantitative estimate of drug-likeness (QED) is 0.300. The summed E-state index contributed by atoms with van der Waals surface area (Å²) in [4.78, 5) is 11.9. The number of ether oxygens (including phenoxy) is 1. The summed E-state index contributed by atoms with van der Waals surface area (Å²) in [5, 5.41) is 0.549. The molecule has 0 aliphatic rings. The second kappa shape index (κ2) is 7.92. The van der Waals surface area contributed by atoms with Gasteiger partial charge in [0.1, 0.15) is 5.82 Å². The Labute approximate surface area is 145 Å². The smallest absolute Gasteiger partial charge is 0.267 e. The monoisotopic (exact) mass is 341 g/mol. The third-order valence-electron chi connectivity index (χ3n) is 4.02. The van der Waals surface area contributed by atoms with Crippen molar-refractivity contribution in [3.8, 4) is 0 Å². The highest BCUT2D eigenvalue weighted by Crippen LogP contribution is 2.23. The van der Waals surface area contributed by atoms with Gasteiger partial charge in [-0.2, -0.15) is 0 Å². The minimum atomic E-state index is -0.435. The summed E-state index contributed by atoms with van der Waals surface area (Å²) in [6, 6.07) is 14.4. The molecular formula is C19H20FN3O2. The van der Waals surface area contributed by atoms with E-state index in [1.165, 1.54) is 12.1 Å². The Morgan fingerprint density at radius 3 is 2.76 bits per heavy atom. The Bertz CT molecular complexity index is 862. The van der Waals surface area contributed by atoms with Crippen LogP contribution in [0.2, 0.25) is 0 Å². The molecule has 3 N–H and O–H groups in total. The number of carbonyl (C=O) groups is 1. The number of nitrogens with two attached hydrogens (primary N) is 1. The summed E-state index contributed by atoms with van der Waals surface area (Å²) < 4.78 is 21.1. The van der Waals surface area contributed by atoms with Gasteiger partial charge in [0.2, 0.25) is 0 Å². The van der Waals surface area contributed by atoms with E-state index in [0.717, 1.165) is 17.5 Å². The summed E-state index contributed by atoms with van der Waals surface area (Å²) in [5.74, 6) is 4.39. The molecule has 0 spiro atoms. The van der Waals surface area contributed by atoms with E-state index in [-0.39, 0.29) is 5.82 Å². The highest BCUT2D eigenvalue weighted by atomic mass is 19.1. The van der Waals surface area contributed by atoms with E-state index in [0.29, 0.717) is 30.7 Å². The molecule has 0 aliphatic carbocycles. The standard InChI is InChI=1S/C19H20FN3O2/c20-15-7-8-18-16(11-15)17(19(24)22-21)12-23(18)9-4-10-25-13-14-5-2-1-3-6-14/h1-3,5-8,11-12H,4,9-10,13,21H2,(H,22,24). The summed E-state index contributed by atoms with van der Waals surface area (Å²) in [6.45, 7) is 1.82. The number of carbonyl (C=O) groups excluding carboxylic acids is 1. The summed E-state index contributed by atoms with van der Waals surface area (Å²) in [6.07, 6.45) is 2.47. The second-order valence-electron chi connectivity index (χ2n) is 5.76. The van der Waals surface area contributed by atoms with E-state index in [4.69, 9.17) is 10.6 Å². The van der Waals surface area contributed by atoms with Crippen LogP contribution in [0.25, 0.3) is 10.9 Å². The number of hydrazine groups is 1. The lowest BCUT2D eigenvalue weighted by molar-refractivity contribution is 0.0955. The number of aryl methyl sites for hydroxylation is 1. The molecule has 0 radical (unpaired) electrons. The first-order valence-electron chi connectivity index (χ1n) is 8.10. The topological polar surface area (TPSA) is 69.3 Å². The van der Waals surface area contributed by atoms with Crippen LogP contribution in [0.15, 0.2) is 54.7 Å². The van der Waals surface area contributed by atoms with Gasteiger partial charge >= 0.3 is 0 Å². The van der Waals surface area contributed by atoms with Gasteiger partial charge in [-0.1, -0.05) is 30.3 Å². The number of fused-ring (bicyclic) bond motifs is 1. The molecule has 130 valence electrons. The Balaban J connectivity index is 1.64. The number of hydrogen-bond donors (Lipinski definition) is 2. The lowest BCUT2D eigenvalue weighted by Gasteiger charge is -2.07. The molecule has 0 bridgehead atoms.